The molecule has 0 aliphatic heterocycles. The molecule has 0 bridgehead atoms. The first-order valence-electron chi connectivity index (χ1n) is 4.00. The van der Waals surface area contributed by atoms with Crippen molar-refractivity contribution in [1.82, 2.24) is 5.16 Å². The average Bonchev–Trinajstić information content (AvgIpc) is 2.70. The zero-order valence-corrected chi connectivity index (χ0v) is 7.14. The highest BCUT2D eigenvalue weighted by atomic mass is 16.5. The zero-order chi connectivity index (χ0) is 9.97. The summed E-state index contributed by atoms with van der Waals surface area (Å²) in [7, 11) is 0. The molecule has 0 spiro atoms. The predicted molar refractivity (Wildman–Crippen MR) is 46.3 cm³/mol. The van der Waals surface area contributed by atoms with E-state index in [9.17, 15) is 9.90 Å². The van der Waals surface area contributed by atoms with Crippen molar-refractivity contribution in [2.24, 2.45) is 0 Å². The largest absolute Gasteiger partial charge is 0.545 e. The topological polar surface area (TPSA) is 66.2 Å². The Morgan fingerprint density at radius 1 is 1.29 bits per heavy atom. The summed E-state index contributed by atoms with van der Waals surface area (Å²) < 4.78 is 4.87. The molecule has 2 aromatic rings. The van der Waals surface area contributed by atoms with Crippen LogP contribution in [0.4, 0.5) is 0 Å². The van der Waals surface area contributed by atoms with Crippen molar-refractivity contribution in [3.8, 4) is 11.3 Å². The van der Waals surface area contributed by atoms with Crippen LogP contribution in [0.25, 0.3) is 11.3 Å². The van der Waals surface area contributed by atoms with E-state index in [-0.39, 0.29) is 5.56 Å². The first-order chi connectivity index (χ1) is 6.79. The van der Waals surface area contributed by atoms with Crippen molar-refractivity contribution in [2.75, 3.05) is 0 Å². The number of carbonyl (C=O) groups is 1. The fourth-order valence-corrected chi connectivity index (χ4v) is 1.23. The maximum Gasteiger partial charge on any atom is 0.167 e. The zero-order valence-electron chi connectivity index (χ0n) is 7.14. The number of hydrogen-bond donors (Lipinski definition) is 0. The van der Waals surface area contributed by atoms with E-state index in [1.807, 2.05) is 0 Å². The molecule has 0 saturated carbocycles. The van der Waals surface area contributed by atoms with Gasteiger partial charge < -0.3 is 14.4 Å². The van der Waals surface area contributed by atoms with E-state index in [1.165, 1.54) is 12.3 Å². The third-order valence-electron chi connectivity index (χ3n) is 1.85. The third-order valence-corrected chi connectivity index (χ3v) is 1.85. The van der Waals surface area contributed by atoms with Crippen LogP contribution < -0.4 is 5.11 Å². The molecule has 0 atom stereocenters. The third kappa shape index (κ3) is 1.37. The van der Waals surface area contributed by atoms with Crippen LogP contribution in [0, 0.1) is 0 Å². The summed E-state index contributed by atoms with van der Waals surface area (Å²) in [6.45, 7) is 0. The minimum atomic E-state index is -1.22. The summed E-state index contributed by atoms with van der Waals surface area (Å²) in [4.78, 5) is 10.7. The summed E-state index contributed by atoms with van der Waals surface area (Å²) in [5, 5.41) is 14.3. The molecule has 1 aromatic heterocycles. The van der Waals surface area contributed by atoms with Gasteiger partial charge in [-0.15, -0.1) is 0 Å². The van der Waals surface area contributed by atoms with Crippen molar-refractivity contribution in [2.45, 2.75) is 0 Å². The van der Waals surface area contributed by atoms with Gasteiger partial charge in [-0.3, -0.25) is 0 Å². The van der Waals surface area contributed by atoms with Gasteiger partial charge in [0.25, 0.3) is 0 Å². The van der Waals surface area contributed by atoms with Gasteiger partial charge in [-0.25, -0.2) is 0 Å². The van der Waals surface area contributed by atoms with Crippen molar-refractivity contribution >= 4 is 5.97 Å². The molecule has 4 heteroatoms. The lowest BCUT2D eigenvalue weighted by molar-refractivity contribution is -0.254. The van der Waals surface area contributed by atoms with Crippen LogP contribution in [-0.4, -0.2) is 11.1 Å². The molecule has 14 heavy (non-hydrogen) atoms. The molecule has 0 fully saturated rings. The Balaban J connectivity index is 2.58. The van der Waals surface area contributed by atoms with E-state index in [0.29, 0.717) is 11.3 Å². The van der Waals surface area contributed by atoms with E-state index >= 15 is 0 Å². The SMILES string of the molecule is O=C([O-])c1ccccc1-c1ccno1. The maximum absolute atomic E-state index is 10.7. The van der Waals surface area contributed by atoms with Gasteiger partial charge in [0.05, 0.1) is 12.2 Å². The first kappa shape index (κ1) is 8.50. The number of benzene rings is 1. The number of hydrogen-bond acceptors (Lipinski definition) is 4. The van der Waals surface area contributed by atoms with Gasteiger partial charge in [0.1, 0.15) is 0 Å². The molecule has 2 rings (SSSR count). The lowest BCUT2D eigenvalue weighted by atomic mass is 10.1. The molecular weight excluding hydrogens is 182 g/mol. The Kier molecular flexibility index (Phi) is 2.02. The normalized spacial score (nSPS) is 10.0. The molecule has 70 valence electrons. The Labute approximate surface area is 79.8 Å². The maximum atomic E-state index is 10.7. The summed E-state index contributed by atoms with van der Waals surface area (Å²) in [5.74, 6) is -0.804. The number of carbonyl (C=O) groups excluding carboxylic acids is 1. The highest BCUT2D eigenvalue weighted by Gasteiger charge is 2.07. The van der Waals surface area contributed by atoms with Crippen molar-refractivity contribution < 1.29 is 14.4 Å². The standard InChI is InChI=1S/C10H7NO3/c12-10(13)8-4-2-1-3-7(8)9-5-6-11-14-9/h1-6H,(H,12,13)/p-1. The summed E-state index contributed by atoms with van der Waals surface area (Å²) in [6, 6.07) is 8.07. The van der Waals surface area contributed by atoms with Gasteiger partial charge >= 0.3 is 0 Å². The molecule has 0 aliphatic rings. The fraction of sp³-hybridized carbons (Fsp3) is 0. The Hall–Kier alpha value is -2.10. The van der Waals surface area contributed by atoms with Crippen LogP contribution in [0.1, 0.15) is 10.4 Å². The van der Waals surface area contributed by atoms with Gasteiger partial charge in [-0.1, -0.05) is 29.4 Å². The van der Waals surface area contributed by atoms with Crippen molar-refractivity contribution in [3.63, 3.8) is 0 Å². The summed E-state index contributed by atoms with van der Waals surface area (Å²) >= 11 is 0. The minimum Gasteiger partial charge on any atom is -0.545 e. The molecule has 0 aliphatic carbocycles. The molecule has 1 aromatic carbocycles. The number of rotatable bonds is 2. The second kappa shape index (κ2) is 3.33. The molecular formula is C10H6NO3-. The van der Waals surface area contributed by atoms with Gasteiger partial charge in [0.2, 0.25) is 0 Å². The minimum absolute atomic E-state index is 0.101. The summed E-state index contributed by atoms with van der Waals surface area (Å²) in [6.07, 6.45) is 1.46. The van der Waals surface area contributed by atoms with E-state index in [2.05, 4.69) is 5.16 Å². The van der Waals surface area contributed by atoms with Crippen LogP contribution in [0.2, 0.25) is 0 Å². The van der Waals surface area contributed by atoms with Crippen LogP contribution in [0.5, 0.6) is 0 Å². The highest BCUT2D eigenvalue weighted by Crippen LogP contribution is 2.22. The van der Waals surface area contributed by atoms with Crippen LogP contribution in [0.3, 0.4) is 0 Å². The monoisotopic (exact) mass is 188 g/mol. The smallest absolute Gasteiger partial charge is 0.167 e. The summed E-state index contributed by atoms with van der Waals surface area (Å²) in [5.41, 5.74) is 0.578. The molecule has 0 saturated heterocycles. The lowest BCUT2D eigenvalue weighted by Crippen LogP contribution is -2.22. The predicted octanol–water partition coefficient (Wildman–Crippen LogP) is 0.705. The van der Waals surface area contributed by atoms with E-state index in [0.717, 1.165) is 0 Å². The number of carboxylic acid groups (broad SMARTS) is 1. The average molecular weight is 188 g/mol. The van der Waals surface area contributed by atoms with E-state index in [4.69, 9.17) is 4.52 Å². The molecule has 1 heterocycles. The van der Waals surface area contributed by atoms with Gasteiger partial charge in [-0.05, 0) is 0 Å². The van der Waals surface area contributed by atoms with Gasteiger partial charge in [0.15, 0.2) is 5.76 Å². The highest BCUT2D eigenvalue weighted by molar-refractivity contribution is 5.93. The van der Waals surface area contributed by atoms with E-state index < -0.39 is 5.97 Å². The Morgan fingerprint density at radius 3 is 2.71 bits per heavy atom. The number of carboxylic acids is 1. The Morgan fingerprint density at radius 2 is 2.07 bits per heavy atom. The van der Waals surface area contributed by atoms with Crippen molar-refractivity contribution in [1.29, 1.82) is 0 Å². The second-order valence-corrected chi connectivity index (χ2v) is 2.71. The molecule has 4 nitrogen and oxygen atoms in total. The number of aromatic carboxylic acids is 1. The van der Waals surface area contributed by atoms with Gasteiger partial charge in [-0.2, -0.15) is 0 Å². The number of aromatic nitrogens is 1. The van der Waals surface area contributed by atoms with Crippen LogP contribution >= 0.6 is 0 Å². The van der Waals surface area contributed by atoms with Gasteiger partial charge in [0, 0.05) is 17.2 Å². The fourth-order valence-electron chi connectivity index (χ4n) is 1.23. The first-order valence-corrected chi connectivity index (χ1v) is 4.00. The number of nitrogens with zero attached hydrogens (tertiary/aromatic N) is 1. The Bertz CT molecular complexity index is 448. The second-order valence-electron chi connectivity index (χ2n) is 2.71. The van der Waals surface area contributed by atoms with Crippen molar-refractivity contribution in [3.05, 3.63) is 42.1 Å². The lowest BCUT2D eigenvalue weighted by Gasteiger charge is -2.06. The quantitative estimate of drug-likeness (QED) is 0.695. The molecule has 0 unspecified atom stereocenters. The molecule has 0 amide bonds. The van der Waals surface area contributed by atoms with Crippen LogP contribution in [-0.2, 0) is 0 Å². The molecule has 0 radical (unpaired) electrons. The molecule has 0 N–H and O–H groups in total. The van der Waals surface area contributed by atoms with Crippen LogP contribution in [0.15, 0.2) is 41.1 Å². The van der Waals surface area contributed by atoms with E-state index in [1.54, 1.807) is 24.3 Å².